The van der Waals surface area contributed by atoms with E-state index in [0.717, 1.165) is 23.4 Å². The number of carbonyl (C=O) groups excluding carboxylic acids is 1. The molecule has 32 heavy (non-hydrogen) atoms. The number of ether oxygens (including phenoxy) is 1. The summed E-state index contributed by atoms with van der Waals surface area (Å²) >= 11 is 6.31. The van der Waals surface area contributed by atoms with Crippen LogP contribution in [0, 0.1) is 11.6 Å². The largest absolute Gasteiger partial charge is 0.487 e. The molecule has 1 N–H and O–H groups in total. The first-order chi connectivity index (χ1) is 15.5. The van der Waals surface area contributed by atoms with Crippen molar-refractivity contribution >= 4 is 23.3 Å². The van der Waals surface area contributed by atoms with E-state index in [2.05, 4.69) is 15.4 Å². The summed E-state index contributed by atoms with van der Waals surface area (Å²) < 4.78 is 34.9. The van der Waals surface area contributed by atoms with Crippen LogP contribution in [0.1, 0.15) is 21.6 Å². The molecular weight excluding hydrogens is 438 g/mol. The lowest BCUT2D eigenvalue weighted by molar-refractivity contribution is 0.101. The molecule has 0 aliphatic rings. The Morgan fingerprint density at radius 3 is 2.62 bits per heavy atom. The highest BCUT2D eigenvalue weighted by Gasteiger charge is 2.18. The summed E-state index contributed by atoms with van der Waals surface area (Å²) in [6.07, 6.45) is 3.31. The number of amides is 1. The second-order valence-electron chi connectivity index (χ2n) is 6.81. The molecule has 1 amide bonds. The lowest BCUT2D eigenvalue weighted by atomic mass is 10.2. The van der Waals surface area contributed by atoms with Crippen molar-refractivity contribution in [1.29, 1.82) is 0 Å². The van der Waals surface area contributed by atoms with E-state index in [0.29, 0.717) is 23.9 Å². The Kier molecular flexibility index (Phi) is 6.42. The Morgan fingerprint density at radius 2 is 1.88 bits per heavy atom. The molecule has 0 saturated heterocycles. The third-order valence-electron chi connectivity index (χ3n) is 4.53. The van der Waals surface area contributed by atoms with Crippen molar-refractivity contribution in [3.8, 4) is 5.75 Å². The molecule has 2 heterocycles. The van der Waals surface area contributed by atoms with E-state index in [1.165, 1.54) is 16.8 Å². The van der Waals surface area contributed by atoms with Crippen molar-refractivity contribution in [3.05, 3.63) is 107 Å². The number of anilines is 1. The van der Waals surface area contributed by atoms with Crippen LogP contribution in [-0.4, -0.2) is 20.7 Å². The van der Waals surface area contributed by atoms with Crippen molar-refractivity contribution in [3.63, 3.8) is 0 Å². The maximum atomic E-state index is 13.8. The lowest BCUT2D eigenvalue weighted by Crippen LogP contribution is -2.16. The average Bonchev–Trinajstić information content (AvgIpc) is 3.21. The zero-order valence-electron chi connectivity index (χ0n) is 16.6. The molecule has 0 atom stereocenters. The van der Waals surface area contributed by atoms with Gasteiger partial charge in [0.1, 0.15) is 29.6 Å². The van der Waals surface area contributed by atoms with Gasteiger partial charge < -0.3 is 10.1 Å². The van der Waals surface area contributed by atoms with Crippen LogP contribution in [0.5, 0.6) is 5.75 Å². The van der Waals surface area contributed by atoms with E-state index in [4.69, 9.17) is 16.3 Å². The fraction of sp³-hybridized carbons (Fsp3) is 0.0870. The van der Waals surface area contributed by atoms with Crippen LogP contribution in [0.3, 0.4) is 0 Å². The molecule has 0 radical (unpaired) electrons. The molecule has 0 aliphatic heterocycles. The average molecular weight is 455 g/mol. The summed E-state index contributed by atoms with van der Waals surface area (Å²) in [4.78, 5) is 16.4. The predicted octanol–water partition coefficient (Wildman–Crippen LogP) is 5.09. The first-order valence-electron chi connectivity index (χ1n) is 9.59. The Labute approximate surface area is 187 Å². The smallest absolute Gasteiger partial charge is 0.262 e. The van der Waals surface area contributed by atoms with E-state index in [-0.39, 0.29) is 5.82 Å². The molecule has 162 valence electrons. The standard InChI is InChI=1S/C23H17ClF2N4O2/c24-18-8-7-17(32-14-16-4-1-2-10-27-16)12-15(18)13-30-11-9-21(29-30)28-23(31)22-19(25)5-3-6-20(22)26/h1-12H,13-14H2,(H,28,29,31). The molecule has 4 aromatic rings. The minimum absolute atomic E-state index is 0.149. The summed E-state index contributed by atoms with van der Waals surface area (Å²) in [6, 6.07) is 15.6. The number of benzene rings is 2. The predicted molar refractivity (Wildman–Crippen MR) is 116 cm³/mol. The molecule has 0 bridgehead atoms. The normalized spacial score (nSPS) is 10.7. The molecule has 2 aromatic carbocycles. The minimum Gasteiger partial charge on any atom is -0.487 e. The Hall–Kier alpha value is -3.78. The number of halogens is 3. The van der Waals surface area contributed by atoms with Crippen LogP contribution >= 0.6 is 11.6 Å². The van der Waals surface area contributed by atoms with Gasteiger partial charge in [-0.2, -0.15) is 5.10 Å². The SMILES string of the molecule is O=C(Nc1ccn(Cc2cc(OCc3ccccn3)ccc2Cl)n1)c1c(F)cccc1F. The summed E-state index contributed by atoms with van der Waals surface area (Å²) in [5.41, 5.74) is 0.872. The molecule has 6 nitrogen and oxygen atoms in total. The summed E-state index contributed by atoms with van der Waals surface area (Å²) in [6.45, 7) is 0.607. The molecule has 0 unspecified atom stereocenters. The van der Waals surface area contributed by atoms with Crippen molar-refractivity contribution in [2.75, 3.05) is 5.32 Å². The molecule has 4 rings (SSSR count). The van der Waals surface area contributed by atoms with E-state index >= 15 is 0 Å². The van der Waals surface area contributed by atoms with Crippen molar-refractivity contribution in [1.82, 2.24) is 14.8 Å². The number of aromatic nitrogens is 3. The fourth-order valence-electron chi connectivity index (χ4n) is 2.99. The number of hydrogen-bond acceptors (Lipinski definition) is 4. The van der Waals surface area contributed by atoms with E-state index in [9.17, 15) is 13.6 Å². The van der Waals surface area contributed by atoms with E-state index in [1.807, 2.05) is 18.2 Å². The van der Waals surface area contributed by atoms with Crippen LogP contribution in [0.4, 0.5) is 14.6 Å². The van der Waals surface area contributed by atoms with Gasteiger partial charge >= 0.3 is 0 Å². The van der Waals surface area contributed by atoms with Crippen molar-refractivity contribution in [2.45, 2.75) is 13.2 Å². The summed E-state index contributed by atoms with van der Waals surface area (Å²) in [5.74, 6) is -2.05. The molecular formula is C23H17ClF2N4O2. The number of hydrogen-bond donors (Lipinski definition) is 1. The monoisotopic (exact) mass is 454 g/mol. The van der Waals surface area contributed by atoms with Gasteiger partial charge in [-0.1, -0.05) is 23.7 Å². The Balaban J connectivity index is 1.43. The highest BCUT2D eigenvalue weighted by atomic mass is 35.5. The summed E-state index contributed by atoms with van der Waals surface area (Å²) in [5, 5.41) is 7.14. The maximum absolute atomic E-state index is 13.8. The third-order valence-corrected chi connectivity index (χ3v) is 4.90. The third kappa shape index (κ3) is 5.09. The second kappa shape index (κ2) is 9.57. The Morgan fingerprint density at radius 1 is 1.06 bits per heavy atom. The first-order valence-corrected chi connectivity index (χ1v) is 9.97. The van der Waals surface area contributed by atoms with Crippen LogP contribution in [0.2, 0.25) is 5.02 Å². The number of carbonyl (C=O) groups is 1. The highest BCUT2D eigenvalue weighted by Crippen LogP contribution is 2.24. The van der Waals surface area contributed by atoms with Crippen LogP contribution < -0.4 is 10.1 Å². The zero-order chi connectivity index (χ0) is 22.5. The second-order valence-corrected chi connectivity index (χ2v) is 7.22. The quantitative estimate of drug-likeness (QED) is 0.422. The van der Waals surface area contributed by atoms with Gasteiger partial charge in [0.2, 0.25) is 0 Å². The zero-order valence-corrected chi connectivity index (χ0v) is 17.4. The summed E-state index contributed by atoms with van der Waals surface area (Å²) in [7, 11) is 0. The van der Waals surface area contributed by atoms with Crippen LogP contribution in [-0.2, 0) is 13.2 Å². The van der Waals surface area contributed by atoms with Crippen molar-refractivity contribution in [2.24, 2.45) is 0 Å². The number of rotatable bonds is 7. The number of nitrogens with one attached hydrogen (secondary N) is 1. The molecule has 0 aliphatic carbocycles. The minimum atomic E-state index is -0.948. The van der Waals surface area contributed by atoms with Gasteiger partial charge in [-0.15, -0.1) is 0 Å². The first kappa shape index (κ1) is 21.5. The van der Waals surface area contributed by atoms with Gasteiger partial charge in [-0.05, 0) is 48.0 Å². The fourth-order valence-corrected chi connectivity index (χ4v) is 3.16. The maximum Gasteiger partial charge on any atom is 0.262 e. The highest BCUT2D eigenvalue weighted by molar-refractivity contribution is 6.31. The van der Waals surface area contributed by atoms with Gasteiger partial charge in [-0.3, -0.25) is 14.5 Å². The molecule has 0 saturated carbocycles. The molecule has 0 fully saturated rings. The topological polar surface area (TPSA) is 69.0 Å². The van der Waals surface area contributed by atoms with Crippen LogP contribution in [0.25, 0.3) is 0 Å². The Bertz CT molecular complexity index is 1230. The van der Waals surface area contributed by atoms with E-state index in [1.54, 1.807) is 30.6 Å². The molecule has 2 aromatic heterocycles. The van der Waals surface area contributed by atoms with Gasteiger partial charge in [0.25, 0.3) is 5.91 Å². The lowest BCUT2D eigenvalue weighted by Gasteiger charge is -2.10. The van der Waals surface area contributed by atoms with E-state index < -0.39 is 23.1 Å². The van der Waals surface area contributed by atoms with Gasteiger partial charge in [0, 0.05) is 23.5 Å². The van der Waals surface area contributed by atoms with Gasteiger partial charge in [0.15, 0.2) is 5.82 Å². The number of nitrogens with zero attached hydrogens (tertiary/aromatic N) is 3. The van der Waals surface area contributed by atoms with Gasteiger partial charge in [-0.25, -0.2) is 8.78 Å². The van der Waals surface area contributed by atoms with Gasteiger partial charge in [0.05, 0.1) is 12.2 Å². The van der Waals surface area contributed by atoms with Crippen LogP contribution in [0.15, 0.2) is 73.1 Å². The molecule has 0 spiro atoms. The number of pyridine rings is 1. The van der Waals surface area contributed by atoms with Crippen molar-refractivity contribution < 1.29 is 18.3 Å². The molecule has 9 heteroatoms.